The van der Waals surface area contributed by atoms with Gasteiger partial charge in [0.25, 0.3) is 0 Å². The molecule has 0 aromatic heterocycles. The van der Waals surface area contributed by atoms with E-state index in [0.717, 1.165) is 0 Å². The van der Waals surface area contributed by atoms with Crippen molar-refractivity contribution >= 4 is 23.4 Å². The second-order valence-corrected chi connectivity index (χ2v) is 3.65. The van der Waals surface area contributed by atoms with Crippen molar-refractivity contribution in [3.63, 3.8) is 0 Å². The summed E-state index contributed by atoms with van der Waals surface area (Å²) in [7, 11) is 0. The van der Waals surface area contributed by atoms with Crippen molar-refractivity contribution in [1.82, 2.24) is 0 Å². The highest BCUT2D eigenvalue weighted by Gasteiger charge is 2.07. The molecule has 1 aromatic rings. The number of rotatable bonds is 2. The van der Waals surface area contributed by atoms with E-state index in [1.165, 1.54) is 17.8 Å². The van der Waals surface area contributed by atoms with Gasteiger partial charge in [0.15, 0.2) is 0 Å². The van der Waals surface area contributed by atoms with Crippen molar-refractivity contribution in [3.8, 4) is 6.07 Å². The maximum Gasteiger partial charge on any atom is 0.138 e. The molecule has 13 heavy (non-hydrogen) atoms. The zero-order valence-electron chi connectivity index (χ0n) is 6.97. The molecule has 0 N–H and O–H groups in total. The molecular formula is C9H7ClFNS. The van der Waals surface area contributed by atoms with E-state index in [9.17, 15) is 4.39 Å². The second kappa shape index (κ2) is 4.50. The summed E-state index contributed by atoms with van der Waals surface area (Å²) < 4.78 is 13.2. The first kappa shape index (κ1) is 10.4. The van der Waals surface area contributed by atoms with Crippen molar-refractivity contribution in [3.05, 3.63) is 28.5 Å². The normalized spacial score (nSPS) is 9.69. The highest BCUT2D eigenvalue weighted by atomic mass is 35.5. The van der Waals surface area contributed by atoms with Crippen molar-refractivity contribution in [2.24, 2.45) is 0 Å². The van der Waals surface area contributed by atoms with Crippen LogP contribution in [0.2, 0.25) is 5.02 Å². The third kappa shape index (κ3) is 2.36. The molecule has 0 spiro atoms. The lowest BCUT2D eigenvalue weighted by atomic mass is 10.2. The summed E-state index contributed by atoms with van der Waals surface area (Å²) >= 11 is 7.06. The molecule has 0 fully saturated rings. The van der Waals surface area contributed by atoms with Gasteiger partial charge in [0.1, 0.15) is 5.82 Å². The fraction of sp³-hybridized carbons (Fsp3) is 0.222. The number of halogens is 2. The van der Waals surface area contributed by atoms with E-state index in [2.05, 4.69) is 0 Å². The summed E-state index contributed by atoms with van der Waals surface area (Å²) in [6.45, 7) is 0. The Kier molecular flexibility index (Phi) is 3.58. The molecule has 0 atom stereocenters. The topological polar surface area (TPSA) is 23.8 Å². The molecule has 0 unspecified atom stereocenters. The van der Waals surface area contributed by atoms with Crippen LogP contribution >= 0.6 is 23.4 Å². The van der Waals surface area contributed by atoms with E-state index in [4.69, 9.17) is 16.9 Å². The van der Waals surface area contributed by atoms with Crippen LogP contribution in [0.25, 0.3) is 0 Å². The molecule has 1 nitrogen and oxygen atoms in total. The molecule has 0 aliphatic rings. The van der Waals surface area contributed by atoms with Crippen molar-refractivity contribution in [2.45, 2.75) is 11.3 Å². The molecule has 0 saturated heterocycles. The Balaban J connectivity index is 3.14. The number of hydrogen-bond acceptors (Lipinski definition) is 2. The average molecular weight is 216 g/mol. The monoisotopic (exact) mass is 215 g/mol. The summed E-state index contributed by atoms with van der Waals surface area (Å²) in [6.07, 6.45) is 1.94. The second-order valence-electron chi connectivity index (χ2n) is 2.43. The number of thioether (sulfide) groups is 1. The minimum absolute atomic E-state index is 0.186. The van der Waals surface area contributed by atoms with Gasteiger partial charge in [0.05, 0.1) is 22.4 Å². The summed E-state index contributed by atoms with van der Waals surface area (Å²) in [6, 6.07) is 4.92. The minimum atomic E-state index is -0.356. The van der Waals surface area contributed by atoms with Crippen LogP contribution in [0.15, 0.2) is 17.0 Å². The molecule has 0 heterocycles. The molecule has 0 radical (unpaired) electrons. The molecule has 0 saturated carbocycles. The van der Waals surface area contributed by atoms with Crippen LogP contribution in [-0.4, -0.2) is 6.26 Å². The van der Waals surface area contributed by atoms with Gasteiger partial charge in [-0.05, 0) is 24.0 Å². The van der Waals surface area contributed by atoms with E-state index >= 15 is 0 Å². The molecule has 0 bridgehead atoms. The summed E-state index contributed by atoms with van der Waals surface area (Å²) in [5.41, 5.74) is 0.614. The van der Waals surface area contributed by atoms with Gasteiger partial charge in [0, 0.05) is 0 Å². The first-order chi connectivity index (χ1) is 6.19. The van der Waals surface area contributed by atoms with Crippen LogP contribution in [0.3, 0.4) is 0 Å². The highest BCUT2D eigenvalue weighted by molar-refractivity contribution is 7.98. The number of nitrogens with zero attached hydrogens (tertiary/aromatic N) is 1. The molecule has 68 valence electrons. The maximum absolute atomic E-state index is 13.2. The van der Waals surface area contributed by atoms with E-state index in [1.807, 2.05) is 6.07 Å². The largest absolute Gasteiger partial charge is 0.206 e. The van der Waals surface area contributed by atoms with Gasteiger partial charge in [-0.1, -0.05) is 11.6 Å². The molecule has 1 rings (SSSR count). The van der Waals surface area contributed by atoms with Crippen LogP contribution in [0.4, 0.5) is 4.39 Å². The molecule has 1 aromatic carbocycles. The zero-order chi connectivity index (χ0) is 9.84. The minimum Gasteiger partial charge on any atom is -0.206 e. The smallest absolute Gasteiger partial charge is 0.138 e. The third-order valence-electron chi connectivity index (χ3n) is 1.55. The molecular weight excluding hydrogens is 209 g/mol. The van der Waals surface area contributed by atoms with E-state index in [0.29, 0.717) is 15.5 Å². The summed E-state index contributed by atoms with van der Waals surface area (Å²) in [5, 5.41) is 8.78. The average Bonchev–Trinajstić information content (AvgIpc) is 2.04. The SMILES string of the molecule is CSc1c(F)cc(CC#N)cc1Cl. The van der Waals surface area contributed by atoms with Crippen LogP contribution in [-0.2, 0) is 6.42 Å². The predicted octanol–water partition coefficient (Wildman–Crippen LogP) is 3.27. The molecule has 0 amide bonds. The molecule has 4 heteroatoms. The van der Waals surface area contributed by atoms with Gasteiger partial charge in [-0.2, -0.15) is 5.26 Å². The number of hydrogen-bond donors (Lipinski definition) is 0. The molecule has 0 aliphatic heterocycles. The third-order valence-corrected chi connectivity index (χ3v) is 2.78. The molecule has 0 aliphatic carbocycles. The van der Waals surface area contributed by atoms with Gasteiger partial charge in [0.2, 0.25) is 0 Å². The number of nitriles is 1. The summed E-state index contributed by atoms with van der Waals surface area (Å²) in [4.78, 5) is 0.434. The van der Waals surface area contributed by atoms with Crippen molar-refractivity contribution in [2.75, 3.05) is 6.26 Å². The number of benzene rings is 1. The Morgan fingerprint density at radius 2 is 2.31 bits per heavy atom. The van der Waals surface area contributed by atoms with Gasteiger partial charge in [-0.15, -0.1) is 11.8 Å². The van der Waals surface area contributed by atoms with Gasteiger partial charge < -0.3 is 0 Å². The van der Waals surface area contributed by atoms with Crippen LogP contribution in [0.1, 0.15) is 5.56 Å². The quantitative estimate of drug-likeness (QED) is 0.707. The highest BCUT2D eigenvalue weighted by Crippen LogP contribution is 2.29. The predicted molar refractivity (Wildman–Crippen MR) is 52.5 cm³/mol. The summed E-state index contributed by atoms with van der Waals surface area (Å²) in [5.74, 6) is -0.356. The van der Waals surface area contributed by atoms with Gasteiger partial charge >= 0.3 is 0 Å². The first-order valence-corrected chi connectivity index (χ1v) is 5.18. The lowest BCUT2D eigenvalue weighted by molar-refractivity contribution is 0.600. The van der Waals surface area contributed by atoms with Crippen molar-refractivity contribution < 1.29 is 4.39 Å². The first-order valence-electron chi connectivity index (χ1n) is 3.58. The van der Waals surface area contributed by atoms with Gasteiger partial charge in [-0.25, -0.2) is 4.39 Å². The Bertz CT molecular complexity index is 336. The van der Waals surface area contributed by atoms with Crippen LogP contribution < -0.4 is 0 Å². The lowest BCUT2D eigenvalue weighted by Crippen LogP contribution is -1.88. The van der Waals surface area contributed by atoms with E-state index in [1.54, 1.807) is 12.3 Å². The van der Waals surface area contributed by atoms with Crippen LogP contribution in [0, 0.1) is 17.1 Å². The fourth-order valence-corrected chi connectivity index (χ4v) is 1.97. The van der Waals surface area contributed by atoms with Gasteiger partial charge in [-0.3, -0.25) is 0 Å². The zero-order valence-corrected chi connectivity index (χ0v) is 8.55. The van der Waals surface area contributed by atoms with Crippen molar-refractivity contribution in [1.29, 1.82) is 5.26 Å². The maximum atomic E-state index is 13.2. The lowest BCUT2D eigenvalue weighted by Gasteiger charge is -2.03. The Labute approximate surface area is 85.5 Å². The van der Waals surface area contributed by atoms with E-state index < -0.39 is 0 Å². The fourth-order valence-electron chi connectivity index (χ4n) is 1.00. The Morgan fingerprint density at radius 1 is 1.62 bits per heavy atom. The Hall–Kier alpha value is -0.720. The Morgan fingerprint density at radius 3 is 2.77 bits per heavy atom. The van der Waals surface area contributed by atoms with Crippen LogP contribution in [0.5, 0.6) is 0 Å². The standard InChI is InChI=1S/C9H7ClFNS/c1-13-9-7(10)4-6(2-3-12)5-8(9)11/h4-5H,2H2,1H3. The van der Waals surface area contributed by atoms with E-state index in [-0.39, 0.29) is 12.2 Å².